The number of sulfone groups is 1. The van der Waals surface area contributed by atoms with Crippen LogP contribution in [0.3, 0.4) is 0 Å². The Balaban J connectivity index is 1.86. The van der Waals surface area contributed by atoms with E-state index < -0.39 is 71.9 Å². The molecule has 12 heteroatoms. The molecule has 6 nitrogen and oxygen atoms in total. The lowest BCUT2D eigenvalue weighted by molar-refractivity contribution is -0.139. The number of esters is 1. The van der Waals surface area contributed by atoms with E-state index in [4.69, 9.17) is 13.6 Å². The van der Waals surface area contributed by atoms with Crippen molar-refractivity contribution in [3.63, 3.8) is 0 Å². The SMILES string of the molecule is CCOC(=O)C1=C[C@@H](O[Si](c2ccccc2)(c2ccccc2)C(C)(C)C)[C@@H](S(=O)(=O)C(F)(F)F)[C@@H](O[Si](c2ccccc2)(c2ccccc2)C(C)(C)C)C1. The van der Waals surface area contributed by atoms with Gasteiger partial charge in [-0.05, 0) is 43.8 Å². The van der Waals surface area contributed by atoms with E-state index in [1.165, 1.54) is 6.08 Å². The monoisotopic (exact) mass is 794 g/mol. The molecule has 0 radical (unpaired) electrons. The summed E-state index contributed by atoms with van der Waals surface area (Å²) in [6, 6.07) is 36.9. The fraction of sp³-hybridized carbons (Fsp3) is 0.357. The molecule has 0 fully saturated rings. The lowest BCUT2D eigenvalue weighted by Crippen LogP contribution is -2.72. The average molecular weight is 795 g/mol. The average Bonchev–Trinajstić information content (AvgIpc) is 3.12. The zero-order valence-corrected chi connectivity index (χ0v) is 34.6. The van der Waals surface area contributed by atoms with Crippen LogP contribution in [0.25, 0.3) is 0 Å². The minimum Gasteiger partial charge on any atom is -0.463 e. The van der Waals surface area contributed by atoms with Gasteiger partial charge in [-0.1, -0.05) is 163 Å². The van der Waals surface area contributed by atoms with Crippen LogP contribution in [0.2, 0.25) is 10.1 Å². The Morgan fingerprint density at radius 1 is 0.648 bits per heavy atom. The van der Waals surface area contributed by atoms with Gasteiger partial charge in [0.2, 0.25) is 0 Å². The molecule has 0 aliphatic heterocycles. The van der Waals surface area contributed by atoms with Crippen LogP contribution >= 0.6 is 0 Å². The van der Waals surface area contributed by atoms with Crippen molar-refractivity contribution in [3.8, 4) is 0 Å². The van der Waals surface area contributed by atoms with E-state index in [1.54, 1.807) is 6.92 Å². The van der Waals surface area contributed by atoms with Gasteiger partial charge < -0.3 is 13.6 Å². The summed E-state index contributed by atoms with van der Waals surface area (Å²) >= 11 is 0. The number of hydrogen-bond donors (Lipinski definition) is 0. The Hall–Kier alpha value is -3.82. The number of carbonyl (C=O) groups is 1. The molecule has 288 valence electrons. The fourth-order valence-corrected chi connectivity index (χ4v) is 18.7. The van der Waals surface area contributed by atoms with E-state index >= 15 is 13.2 Å². The van der Waals surface area contributed by atoms with Crippen LogP contribution in [0.4, 0.5) is 13.2 Å². The Kier molecular flexibility index (Phi) is 12.0. The van der Waals surface area contributed by atoms with Crippen molar-refractivity contribution in [2.45, 2.75) is 87.9 Å². The van der Waals surface area contributed by atoms with Gasteiger partial charge in [-0.2, -0.15) is 13.2 Å². The van der Waals surface area contributed by atoms with Crippen LogP contribution in [-0.4, -0.2) is 60.6 Å². The van der Waals surface area contributed by atoms with E-state index in [0.29, 0.717) is 0 Å². The standard InChI is InChI=1S/C42H49F3O6SSi2/c1-8-49-39(46)31-29-36(50-53(40(2,3)4,32-21-13-9-14-22-32)33-23-15-10-16-24-33)38(52(47,48)42(43,44)45)37(30-31)51-54(41(5,6)7,34-25-17-11-18-26-34)35-27-19-12-20-28-35/h9-29,36-38H,8,30H2,1-7H3/t36-,37+,38-/m1/s1. The summed E-state index contributed by atoms with van der Waals surface area (Å²) in [5.41, 5.74) is -5.68. The summed E-state index contributed by atoms with van der Waals surface area (Å²) in [6.45, 7) is 13.3. The van der Waals surface area contributed by atoms with Crippen LogP contribution in [-0.2, 0) is 28.2 Å². The highest BCUT2D eigenvalue weighted by molar-refractivity contribution is 7.93. The van der Waals surface area contributed by atoms with Crippen molar-refractivity contribution in [1.82, 2.24) is 0 Å². The van der Waals surface area contributed by atoms with Gasteiger partial charge in [0, 0.05) is 12.0 Å². The highest BCUT2D eigenvalue weighted by Gasteiger charge is 2.63. The van der Waals surface area contributed by atoms with E-state index in [9.17, 15) is 13.2 Å². The molecule has 1 aliphatic rings. The number of carbonyl (C=O) groups excluding carboxylic acids is 1. The van der Waals surface area contributed by atoms with Crippen molar-refractivity contribution in [2.24, 2.45) is 0 Å². The van der Waals surface area contributed by atoms with Crippen LogP contribution in [0.1, 0.15) is 54.9 Å². The quantitative estimate of drug-likeness (QED) is 0.120. The first-order valence-corrected chi connectivity index (χ1v) is 23.4. The van der Waals surface area contributed by atoms with E-state index in [1.807, 2.05) is 163 Å². The molecule has 0 spiro atoms. The Labute approximate surface area is 319 Å². The van der Waals surface area contributed by atoms with Crippen LogP contribution in [0.15, 0.2) is 133 Å². The molecule has 5 rings (SSSR count). The Morgan fingerprint density at radius 2 is 1.00 bits per heavy atom. The van der Waals surface area contributed by atoms with Crippen molar-refractivity contribution in [3.05, 3.63) is 133 Å². The topological polar surface area (TPSA) is 78.9 Å². The van der Waals surface area contributed by atoms with Crippen LogP contribution < -0.4 is 20.7 Å². The van der Waals surface area contributed by atoms with Gasteiger partial charge in [0.1, 0.15) is 5.25 Å². The number of benzene rings is 4. The van der Waals surface area contributed by atoms with Crippen molar-refractivity contribution in [1.29, 1.82) is 0 Å². The maximum Gasteiger partial charge on any atom is 0.497 e. The minimum atomic E-state index is -6.03. The molecule has 1 aliphatic carbocycles. The summed E-state index contributed by atoms with van der Waals surface area (Å²) in [6.07, 6.45) is -2.63. The normalized spacial score (nSPS) is 18.9. The minimum absolute atomic E-state index is 0.000911. The predicted octanol–water partition coefficient (Wildman–Crippen LogP) is 7.07. The molecule has 54 heavy (non-hydrogen) atoms. The zero-order valence-electron chi connectivity index (χ0n) is 31.8. The zero-order chi connectivity index (χ0) is 39.6. The molecule has 0 heterocycles. The van der Waals surface area contributed by atoms with Gasteiger partial charge >= 0.3 is 11.5 Å². The van der Waals surface area contributed by atoms with Crippen molar-refractivity contribution < 1.29 is 40.0 Å². The second kappa shape index (κ2) is 15.7. The first-order valence-electron chi connectivity index (χ1n) is 18.1. The molecule has 3 atom stereocenters. The lowest BCUT2D eigenvalue weighted by Gasteiger charge is -2.50. The number of hydrogen-bond acceptors (Lipinski definition) is 6. The van der Waals surface area contributed by atoms with Gasteiger partial charge in [0.15, 0.2) is 0 Å². The van der Waals surface area contributed by atoms with Gasteiger partial charge in [0.25, 0.3) is 26.5 Å². The molecule has 0 saturated heterocycles. The third-order valence-electron chi connectivity index (χ3n) is 10.2. The van der Waals surface area contributed by atoms with Crippen LogP contribution in [0, 0.1) is 0 Å². The summed E-state index contributed by atoms with van der Waals surface area (Å²) < 4.78 is 93.9. The van der Waals surface area contributed by atoms with E-state index in [-0.39, 0.29) is 12.2 Å². The smallest absolute Gasteiger partial charge is 0.463 e. The van der Waals surface area contributed by atoms with Gasteiger partial charge in [-0.15, -0.1) is 0 Å². The van der Waals surface area contributed by atoms with E-state index in [0.717, 1.165) is 20.7 Å². The summed E-state index contributed by atoms with van der Waals surface area (Å²) in [5.74, 6) is -0.771. The molecule has 0 bridgehead atoms. The number of alkyl halides is 3. The fourth-order valence-electron chi connectivity index (χ4n) is 7.84. The third kappa shape index (κ3) is 7.68. The molecule has 0 aromatic heterocycles. The maximum atomic E-state index is 15.2. The highest BCUT2D eigenvalue weighted by Crippen LogP contribution is 2.45. The first kappa shape index (κ1) is 41.3. The number of rotatable bonds is 11. The molecule has 0 unspecified atom stereocenters. The Morgan fingerprint density at radius 3 is 1.31 bits per heavy atom. The molecule has 0 amide bonds. The van der Waals surface area contributed by atoms with Gasteiger partial charge in [-0.25, -0.2) is 13.2 Å². The number of halogens is 3. The molecular weight excluding hydrogens is 746 g/mol. The largest absolute Gasteiger partial charge is 0.497 e. The second-order valence-corrected chi connectivity index (χ2v) is 26.2. The van der Waals surface area contributed by atoms with Crippen molar-refractivity contribution in [2.75, 3.05) is 6.61 Å². The molecule has 0 saturated carbocycles. The lowest BCUT2D eigenvalue weighted by atomic mass is 9.94. The number of ether oxygens (including phenoxy) is 1. The molecule has 4 aromatic rings. The second-order valence-electron chi connectivity index (χ2n) is 15.6. The molecule has 4 aromatic carbocycles. The van der Waals surface area contributed by atoms with Crippen LogP contribution in [0.5, 0.6) is 0 Å². The van der Waals surface area contributed by atoms with Gasteiger partial charge in [-0.3, -0.25) is 0 Å². The van der Waals surface area contributed by atoms with Crippen molar-refractivity contribution >= 4 is 53.2 Å². The highest BCUT2D eigenvalue weighted by atomic mass is 32.2. The molecule has 0 N–H and O–H groups in total. The molecular formula is C42H49F3O6SSi2. The van der Waals surface area contributed by atoms with Gasteiger partial charge in [0.05, 0.1) is 18.8 Å². The first-order chi connectivity index (χ1) is 25.3. The predicted molar refractivity (Wildman–Crippen MR) is 213 cm³/mol. The summed E-state index contributed by atoms with van der Waals surface area (Å²) in [5, 5.41) is -0.819. The third-order valence-corrected chi connectivity index (χ3v) is 22.2. The maximum absolute atomic E-state index is 15.2. The Bertz CT molecular complexity index is 1930. The van der Waals surface area contributed by atoms with E-state index in [2.05, 4.69) is 0 Å². The summed E-state index contributed by atoms with van der Waals surface area (Å²) in [7, 11) is -13.5. The summed E-state index contributed by atoms with van der Waals surface area (Å²) in [4.78, 5) is 13.7.